The third kappa shape index (κ3) is 6.94. The SMILES string of the molecule is CCC(CN)CC(=O)NC(C)C(=O)NC(C)C. The van der Waals surface area contributed by atoms with Crippen molar-refractivity contribution < 1.29 is 9.59 Å². The average Bonchev–Trinajstić information content (AvgIpc) is 2.24. The number of nitrogens with one attached hydrogen (secondary N) is 2. The van der Waals surface area contributed by atoms with Gasteiger partial charge in [-0.2, -0.15) is 0 Å². The number of carbonyl (C=O) groups excluding carboxylic acids is 2. The van der Waals surface area contributed by atoms with Gasteiger partial charge in [0.25, 0.3) is 0 Å². The van der Waals surface area contributed by atoms with E-state index in [-0.39, 0.29) is 23.8 Å². The Bertz CT molecular complexity index is 250. The van der Waals surface area contributed by atoms with Gasteiger partial charge in [0.15, 0.2) is 0 Å². The third-order valence-electron chi connectivity index (χ3n) is 2.59. The lowest BCUT2D eigenvalue weighted by molar-refractivity contribution is -0.129. The number of nitrogens with two attached hydrogens (primary N) is 1. The lowest BCUT2D eigenvalue weighted by Gasteiger charge is -2.17. The minimum atomic E-state index is -0.500. The van der Waals surface area contributed by atoms with E-state index in [9.17, 15) is 9.59 Å². The first kappa shape index (κ1) is 15.9. The van der Waals surface area contributed by atoms with Gasteiger partial charge in [-0.05, 0) is 33.2 Å². The Morgan fingerprint density at radius 3 is 2.18 bits per heavy atom. The summed E-state index contributed by atoms with van der Waals surface area (Å²) in [6.45, 7) is 7.94. The molecule has 0 aliphatic carbocycles. The largest absolute Gasteiger partial charge is 0.352 e. The third-order valence-corrected chi connectivity index (χ3v) is 2.59. The van der Waals surface area contributed by atoms with Crippen molar-refractivity contribution in [1.29, 1.82) is 0 Å². The maximum absolute atomic E-state index is 11.6. The van der Waals surface area contributed by atoms with Crippen LogP contribution in [0, 0.1) is 5.92 Å². The van der Waals surface area contributed by atoms with Crippen LogP contribution in [0.3, 0.4) is 0 Å². The zero-order chi connectivity index (χ0) is 13.4. The molecule has 0 heterocycles. The van der Waals surface area contributed by atoms with E-state index in [0.717, 1.165) is 6.42 Å². The van der Waals surface area contributed by atoms with Gasteiger partial charge in [-0.1, -0.05) is 13.3 Å². The summed E-state index contributed by atoms with van der Waals surface area (Å²) in [5.74, 6) is -0.0850. The van der Waals surface area contributed by atoms with Crippen LogP contribution in [0.2, 0.25) is 0 Å². The normalized spacial score (nSPS) is 14.2. The van der Waals surface area contributed by atoms with Gasteiger partial charge < -0.3 is 16.4 Å². The second kappa shape index (κ2) is 8.06. The molecule has 4 N–H and O–H groups in total. The van der Waals surface area contributed by atoms with E-state index in [2.05, 4.69) is 10.6 Å². The molecule has 2 unspecified atom stereocenters. The number of amides is 2. The molecule has 0 aromatic carbocycles. The summed E-state index contributed by atoms with van der Waals surface area (Å²) >= 11 is 0. The van der Waals surface area contributed by atoms with E-state index in [1.54, 1.807) is 6.92 Å². The Kier molecular flexibility index (Phi) is 7.54. The van der Waals surface area contributed by atoms with Crippen LogP contribution in [-0.2, 0) is 9.59 Å². The molecule has 0 rings (SSSR count). The van der Waals surface area contributed by atoms with Crippen LogP contribution in [0.15, 0.2) is 0 Å². The Morgan fingerprint density at radius 2 is 1.76 bits per heavy atom. The molecule has 17 heavy (non-hydrogen) atoms. The fourth-order valence-corrected chi connectivity index (χ4v) is 1.43. The number of hydrogen-bond donors (Lipinski definition) is 3. The van der Waals surface area contributed by atoms with Gasteiger partial charge in [-0.25, -0.2) is 0 Å². The molecule has 100 valence electrons. The van der Waals surface area contributed by atoms with E-state index in [0.29, 0.717) is 13.0 Å². The smallest absolute Gasteiger partial charge is 0.242 e. The molecule has 2 atom stereocenters. The monoisotopic (exact) mass is 243 g/mol. The maximum Gasteiger partial charge on any atom is 0.242 e. The zero-order valence-electron chi connectivity index (χ0n) is 11.2. The van der Waals surface area contributed by atoms with Crippen LogP contribution in [-0.4, -0.2) is 30.4 Å². The molecule has 5 heteroatoms. The van der Waals surface area contributed by atoms with Crippen molar-refractivity contribution in [1.82, 2.24) is 10.6 Å². The molecule has 0 spiro atoms. The first-order chi connectivity index (χ1) is 7.90. The highest BCUT2D eigenvalue weighted by molar-refractivity contribution is 5.87. The van der Waals surface area contributed by atoms with Crippen LogP contribution in [0.1, 0.15) is 40.5 Å². The van der Waals surface area contributed by atoms with Crippen LogP contribution >= 0.6 is 0 Å². The van der Waals surface area contributed by atoms with Crippen LogP contribution < -0.4 is 16.4 Å². The van der Waals surface area contributed by atoms with Crippen LogP contribution in [0.4, 0.5) is 0 Å². The Balaban J connectivity index is 4.06. The van der Waals surface area contributed by atoms with Crippen LogP contribution in [0.5, 0.6) is 0 Å². The molecule has 0 bridgehead atoms. The Hall–Kier alpha value is -1.10. The predicted molar refractivity (Wildman–Crippen MR) is 68.3 cm³/mol. The summed E-state index contributed by atoms with van der Waals surface area (Å²) in [4.78, 5) is 23.2. The molecule has 5 nitrogen and oxygen atoms in total. The van der Waals surface area contributed by atoms with Crippen LogP contribution in [0.25, 0.3) is 0 Å². The Labute approximate surface area is 104 Å². The minimum absolute atomic E-state index is 0.0780. The number of carbonyl (C=O) groups is 2. The van der Waals surface area contributed by atoms with Crippen molar-refractivity contribution in [3.8, 4) is 0 Å². The molecule has 0 aliphatic heterocycles. The predicted octanol–water partition coefficient (Wildman–Crippen LogP) is 0.391. The summed E-state index contributed by atoms with van der Waals surface area (Å²) in [7, 11) is 0. The molecule has 0 radical (unpaired) electrons. The number of hydrogen-bond acceptors (Lipinski definition) is 3. The van der Waals surface area contributed by atoms with Crippen molar-refractivity contribution >= 4 is 11.8 Å². The van der Waals surface area contributed by atoms with Crippen molar-refractivity contribution in [3.63, 3.8) is 0 Å². The number of rotatable bonds is 7. The molecule has 0 aromatic heterocycles. The molecule has 0 aliphatic rings. The second-order valence-electron chi connectivity index (χ2n) is 4.67. The maximum atomic E-state index is 11.6. The highest BCUT2D eigenvalue weighted by Crippen LogP contribution is 2.05. The van der Waals surface area contributed by atoms with E-state index >= 15 is 0 Å². The lowest BCUT2D eigenvalue weighted by atomic mass is 10.0. The van der Waals surface area contributed by atoms with E-state index in [1.165, 1.54) is 0 Å². The Morgan fingerprint density at radius 1 is 1.18 bits per heavy atom. The van der Waals surface area contributed by atoms with Gasteiger partial charge in [0, 0.05) is 12.5 Å². The molecule has 0 fully saturated rings. The molecule has 0 aromatic rings. The molecule has 0 saturated heterocycles. The summed E-state index contributed by atoms with van der Waals surface area (Å²) in [6.07, 6.45) is 1.25. The minimum Gasteiger partial charge on any atom is -0.352 e. The fraction of sp³-hybridized carbons (Fsp3) is 0.833. The molecular formula is C12H25N3O2. The van der Waals surface area contributed by atoms with Gasteiger partial charge >= 0.3 is 0 Å². The average molecular weight is 243 g/mol. The summed E-state index contributed by atoms with van der Waals surface area (Å²) in [6, 6.07) is -0.422. The van der Waals surface area contributed by atoms with Crippen molar-refractivity contribution in [3.05, 3.63) is 0 Å². The van der Waals surface area contributed by atoms with Crippen molar-refractivity contribution in [2.24, 2.45) is 11.7 Å². The van der Waals surface area contributed by atoms with E-state index in [4.69, 9.17) is 5.73 Å². The molecule has 0 saturated carbocycles. The summed E-state index contributed by atoms with van der Waals surface area (Å²) in [5.41, 5.74) is 5.53. The summed E-state index contributed by atoms with van der Waals surface area (Å²) in [5, 5.41) is 5.43. The van der Waals surface area contributed by atoms with E-state index < -0.39 is 6.04 Å². The highest BCUT2D eigenvalue weighted by Gasteiger charge is 2.17. The quantitative estimate of drug-likeness (QED) is 0.605. The van der Waals surface area contributed by atoms with Crippen molar-refractivity contribution in [2.75, 3.05) is 6.54 Å². The van der Waals surface area contributed by atoms with Crippen molar-refractivity contribution in [2.45, 2.75) is 52.6 Å². The molecule has 2 amide bonds. The van der Waals surface area contributed by atoms with Gasteiger partial charge in [0.05, 0.1) is 0 Å². The second-order valence-corrected chi connectivity index (χ2v) is 4.67. The standard InChI is InChI=1S/C12H25N3O2/c1-5-10(7-13)6-11(16)15-9(4)12(17)14-8(2)3/h8-10H,5-7,13H2,1-4H3,(H,14,17)(H,15,16). The van der Waals surface area contributed by atoms with Gasteiger partial charge in [0.1, 0.15) is 6.04 Å². The van der Waals surface area contributed by atoms with E-state index in [1.807, 2.05) is 20.8 Å². The topological polar surface area (TPSA) is 84.2 Å². The first-order valence-electron chi connectivity index (χ1n) is 6.20. The molecular weight excluding hydrogens is 218 g/mol. The van der Waals surface area contributed by atoms with Gasteiger partial charge in [-0.3, -0.25) is 9.59 Å². The van der Waals surface area contributed by atoms with Gasteiger partial charge in [0.2, 0.25) is 11.8 Å². The highest BCUT2D eigenvalue weighted by atomic mass is 16.2. The first-order valence-corrected chi connectivity index (χ1v) is 6.20. The van der Waals surface area contributed by atoms with Gasteiger partial charge in [-0.15, -0.1) is 0 Å². The fourth-order valence-electron chi connectivity index (χ4n) is 1.43. The summed E-state index contributed by atoms with van der Waals surface area (Å²) < 4.78 is 0. The lowest BCUT2D eigenvalue weighted by Crippen LogP contribution is -2.47. The zero-order valence-corrected chi connectivity index (χ0v) is 11.2.